The van der Waals surface area contributed by atoms with Gasteiger partial charge in [-0.2, -0.15) is 8.78 Å². The summed E-state index contributed by atoms with van der Waals surface area (Å²) in [7, 11) is -5.92. The highest BCUT2D eigenvalue weighted by molar-refractivity contribution is 7.96. The summed E-state index contributed by atoms with van der Waals surface area (Å²) in [6, 6.07) is 21.3. The van der Waals surface area contributed by atoms with Crippen LogP contribution in [0.1, 0.15) is 32.1 Å². The van der Waals surface area contributed by atoms with E-state index in [0.717, 1.165) is 0 Å². The fraction of sp³-hybridized carbons (Fsp3) is 0.440. The first kappa shape index (κ1) is 25.8. The molecule has 35 heavy (non-hydrogen) atoms. The minimum atomic E-state index is -6.12. The van der Waals surface area contributed by atoms with Gasteiger partial charge >= 0.3 is 11.2 Å². The number of hydrogen-bond donors (Lipinski definition) is 0. The lowest BCUT2D eigenvalue weighted by molar-refractivity contribution is -0.201. The lowest BCUT2D eigenvalue weighted by Gasteiger charge is -2.54. The Morgan fingerprint density at radius 3 is 1.86 bits per heavy atom. The molecule has 0 amide bonds. The van der Waals surface area contributed by atoms with E-state index in [0.29, 0.717) is 19.3 Å². The second kappa shape index (κ2) is 9.63. The van der Waals surface area contributed by atoms with Gasteiger partial charge in [0.15, 0.2) is 19.9 Å². The third-order valence-electron chi connectivity index (χ3n) is 6.99. The van der Waals surface area contributed by atoms with E-state index in [1.54, 1.807) is 0 Å². The quantitative estimate of drug-likeness (QED) is 0.331. The molecule has 2 unspecified atom stereocenters. The summed E-state index contributed by atoms with van der Waals surface area (Å²) in [6.07, 6.45) is 4.20. The second-order valence-corrected chi connectivity index (χ2v) is 12.8. The Morgan fingerprint density at radius 2 is 1.43 bits per heavy atom. The van der Waals surface area contributed by atoms with Gasteiger partial charge in [-0.3, -0.25) is 4.79 Å². The van der Waals surface area contributed by atoms with Crippen molar-refractivity contribution in [3.8, 4) is 0 Å². The number of esters is 1. The molecule has 0 spiro atoms. The van der Waals surface area contributed by atoms with Crippen molar-refractivity contribution in [2.75, 3.05) is 6.26 Å². The van der Waals surface area contributed by atoms with Crippen LogP contribution in [0.2, 0.25) is 0 Å². The molecular formula is C25H26F2O6S2. The molecule has 2 aromatic carbocycles. The molecule has 188 valence electrons. The number of halogens is 2. The predicted octanol–water partition coefficient (Wildman–Crippen LogP) is 4.17. The number of ether oxygens (including phenoxy) is 1. The van der Waals surface area contributed by atoms with Crippen LogP contribution >= 0.6 is 0 Å². The van der Waals surface area contributed by atoms with Crippen molar-refractivity contribution >= 4 is 32.8 Å². The van der Waals surface area contributed by atoms with E-state index in [1.165, 1.54) is 9.79 Å². The van der Waals surface area contributed by atoms with Crippen molar-refractivity contribution in [1.29, 1.82) is 0 Å². The maximum atomic E-state index is 13.2. The number of benzene rings is 2. The third-order valence-corrected chi connectivity index (χ3v) is 9.75. The summed E-state index contributed by atoms with van der Waals surface area (Å²) in [4.78, 5) is 26.2. The van der Waals surface area contributed by atoms with Crippen molar-refractivity contribution in [2.45, 2.75) is 52.8 Å². The largest absolute Gasteiger partial charge is 0.743 e. The number of carbonyl (C=O) groups excluding carboxylic acids is 2. The summed E-state index contributed by atoms with van der Waals surface area (Å²) in [5, 5.41) is -5.10. The number of rotatable bonds is 5. The maximum absolute atomic E-state index is 13.2. The monoisotopic (exact) mass is 524 g/mol. The van der Waals surface area contributed by atoms with Gasteiger partial charge in [-0.05, 0) is 62.3 Å². The summed E-state index contributed by atoms with van der Waals surface area (Å²) in [6.45, 7) is 0. The fourth-order valence-corrected chi connectivity index (χ4v) is 7.19. The Morgan fingerprint density at radius 1 is 0.971 bits per heavy atom. The predicted molar refractivity (Wildman–Crippen MR) is 125 cm³/mol. The number of carbonyl (C=O) groups is 2. The maximum Gasteiger partial charge on any atom is 0.428 e. The molecule has 4 bridgehead atoms. The van der Waals surface area contributed by atoms with Gasteiger partial charge in [0, 0.05) is 11.8 Å². The highest BCUT2D eigenvalue weighted by Gasteiger charge is 2.60. The molecule has 2 atom stereocenters. The summed E-state index contributed by atoms with van der Waals surface area (Å²) in [5.74, 6) is -2.78. The molecule has 0 heterocycles. The van der Waals surface area contributed by atoms with E-state index in [4.69, 9.17) is 4.74 Å². The topological polar surface area (TPSA) is 101 Å². The van der Waals surface area contributed by atoms with Gasteiger partial charge in [0.1, 0.15) is 17.6 Å². The smallest absolute Gasteiger partial charge is 0.428 e. The zero-order valence-electron chi connectivity index (χ0n) is 19.1. The van der Waals surface area contributed by atoms with Gasteiger partial charge in [0.2, 0.25) is 0 Å². The third kappa shape index (κ3) is 5.29. The van der Waals surface area contributed by atoms with Crippen molar-refractivity contribution in [2.24, 2.45) is 17.8 Å². The first-order valence-electron chi connectivity index (χ1n) is 11.3. The Bertz CT molecular complexity index is 1130. The molecule has 0 N–H and O–H groups in total. The molecule has 0 aromatic heterocycles. The average Bonchev–Trinajstić information content (AvgIpc) is 2.82. The Labute approximate surface area is 206 Å². The second-order valence-electron chi connectivity index (χ2n) is 9.43. The van der Waals surface area contributed by atoms with Crippen LogP contribution in [0.25, 0.3) is 0 Å². The standard InChI is InChI=1S/C13H13S.C12H14F2O6S/c1-14(12-8-4-2-5-9-12)13-10-6-3-7-11-13;13-12(14,21(17,18)19)10(16)20-11-3-6-1-7(4-11)9(15)8(2-6)5-11/h2-11H,1H3;6-8H,1-5H2,(H,17,18,19)/q+1;/p-1. The summed E-state index contributed by atoms with van der Waals surface area (Å²) >= 11 is 0. The van der Waals surface area contributed by atoms with E-state index < -0.39 is 26.9 Å². The summed E-state index contributed by atoms with van der Waals surface area (Å²) < 4.78 is 62.7. The Hall–Kier alpha value is -2.30. The molecule has 0 aliphatic heterocycles. The van der Waals surface area contributed by atoms with Crippen LogP contribution in [0, 0.1) is 17.8 Å². The van der Waals surface area contributed by atoms with Crippen molar-refractivity contribution in [3.63, 3.8) is 0 Å². The zero-order valence-corrected chi connectivity index (χ0v) is 20.7. The van der Waals surface area contributed by atoms with Crippen molar-refractivity contribution in [1.82, 2.24) is 0 Å². The van der Waals surface area contributed by atoms with Crippen LogP contribution in [0.4, 0.5) is 8.78 Å². The first-order chi connectivity index (χ1) is 16.4. The normalized spacial score (nSPS) is 27.3. The minimum absolute atomic E-state index is 0.0702. The van der Waals surface area contributed by atoms with E-state index in [1.807, 2.05) is 0 Å². The van der Waals surface area contributed by atoms with Crippen LogP contribution in [-0.2, 0) is 35.3 Å². The summed E-state index contributed by atoms with van der Waals surface area (Å²) in [5.41, 5.74) is -1.23. The molecular weight excluding hydrogens is 498 g/mol. The van der Waals surface area contributed by atoms with Crippen molar-refractivity contribution < 1.29 is 36.1 Å². The van der Waals surface area contributed by atoms with Gasteiger partial charge in [-0.25, -0.2) is 13.2 Å². The molecule has 4 saturated carbocycles. The lowest BCUT2D eigenvalue weighted by Crippen LogP contribution is -2.58. The molecule has 4 aliphatic rings. The van der Waals surface area contributed by atoms with E-state index in [9.17, 15) is 31.3 Å². The SMILES string of the molecule is C[S+](c1ccccc1)c1ccccc1.O=C1C2CC3CC1CC(OC(=O)C(F)(F)S(=O)(=O)[O-])(C3)C2. The average molecular weight is 525 g/mol. The molecule has 6 nitrogen and oxygen atoms in total. The minimum Gasteiger partial charge on any atom is -0.743 e. The van der Waals surface area contributed by atoms with Gasteiger partial charge in [-0.1, -0.05) is 36.4 Å². The molecule has 4 aliphatic carbocycles. The van der Waals surface area contributed by atoms with Gasteiger partial charge in [-0.15, -0.1) is 0 Å². The number of alkyl halides is 2. The molecule has 10 heteroatoms. The first-order valence-corrected chi connectivity index (χ1v) is 14.3. The number of Topliss-reactive ketones (excluding diaryl/α,β-unsaturated/α-hetero) is 1. The number of ketones is 1. The van der Waals surface area contributed by atoms with Crippen LogP contribution < -0.4 is 0 Å². The Balaban J connectivity index is 0.000000179. The number of hydrogen-bond acceptors (Lipinski definition) is 6. The molecule has 2 aromatic rings. The van der Waals surface area contributed by atoms with E-state index >= 15 is 0 Å². The van der Waals surface area contributed by atoms with E-state index in [2.05, 4.69) is 66.9 Å². The van der Waals surface area contributed by atoms with Crippen LogP contribution in [0.3, 0.4) is 0 Å². The highest BCUT2D eigenvalue weighted by Crippen LogP contribution is 2.56. The van der Waals surface area contributed by atoms with Crippen LogP contribution in [0.15, 0.2) is 70.5 Å². The lowest BCUT2D eigenvalue weighted by atomic mass is 9.53. The molecule has 0 saturated heterocycles. The molecule has 0 radical (unpaired) electrons. The highest BCUT2D eigenvalue weighted by atomic mass is 32.2. The van der Waals surface area contributed by atoms with Gasteiger partial charge in [0.05, 0.1) is 10.9 Å². The van der Waals surface area contributed by atoms with Crippen molar-refractivity contribution in [3.05, 3.63) is 60.7 Å². The Kier molecular flexibility index (Phi) is 7.09. The fourth-order valence-electron chi connectivity index (χ4n) is 5.54. The van der Waals surface area contributed by atoms with Crippen LogP contribution in [0.5, 0.6) is 0 Å². The van der Waals surface area contributed by atoms with Gasteiger partial charge in [0.25, 0.3) is 0 Å². The molecule has 6 rings (SSSR count). The van der Waals surface area contributed by atoms with Gasteiger partial charge < -0.3 is 9.29 Å². The van der Waals surface area contributed by atoms with E-state index in [-0.39, 0.29) is 47.3 Å². The molecule has 4 fully saturated rings. The zero-order chi connectivity index (χ0) is 25.4. The van der Waals surface area contributed by atoms with Crippen LogP contribution in [-0.4, -0.2) is 41.8 Å².